The van der Waals surface area contributed by atoms with Crippen LogP contribution in [0.25, 0.3) is 0 Å². The molecule has 2 heterocycles. The van der Waals surface area contributed by atoms with Crippen LogP contribution >= 0.6 is 0 Å². The van der Waals surface area contributed by atoms with E-state index in [4.69, 9.17) is 7.84 Å². The van der Waals surface area contributed by atoms with E-state index in [2.05, 4.69) is 29.4 Å². The SMILES string of the molecule is Cc1ccc(C2=NO[Se]3=C2C=NO3)cc1. The second-order valence-electron chi connectivity index (χ2n) is 3.29. The van der Waals surface area contributed by atoms with Crippen molar-refractivity contribution < 1.29 is 7.84 Å². The van der Waals surface area contributed by atoms with E-state index in [0.29, 0.717) is 0 Å². The number of nitrogens with zero attached hydrogens (tertiary/aromatic N) is 2. The molecular formula is C10H8N2O2Se. The van der Waals surface area contributed by atoms with Crippen molar-refractivity contribution >= 4 is 30.5 Å². The van der Waals surface area contributed by atoms with Crippen LogP contribution in [0.5, 0.6) is 0 Å². The van der Waals surface area contributed by atoms with E-state index < -0.39 is 14.1 Å². The van der Waals surface area contributed by atoms with Crippen LogP contribution in [-0.2, 0) is 7.84 Å². The third-order valence-corrected chi connectivity index (χ3v) is 4.50. The molecule has 2 aliphatic rings. The number of oxime groups is 2. The van der Waals surface area contributed by atoms with Crippen molar-refractivity contribution in [3.05, 3.63) is 35.4 Å². The first-order chi connectivity index (χ1) is 7.34. The average molecular weight is 267 g/mol. The summed E-state index contributed by atoms with van der Waals surface area (Å²) in [6.45, 7) is 2.06. The summed E-state index contributed by atoms with van der Waals surface area (Å²) in [5, 5.41) is 7.79. The number of benzene rings is 1. The van der Waals surface area contributed by atoms with E-state index in [1.165, 1.54) is 5.56 Å². The maximum absolute atomic E-state index is 5.20. The Hall–Kier alpha value is -1.45. The van der Waals surface area contributed by atoms with Crippen molar-refractivity contribution in [2.24, 2.45) is 10.3 Å². The molecular weight excluding hydrogens is 259 g/mol. The normalized spacial score (nSPS) is 22.1. The van der Waals surface area contributed by atoms with Crippen LogP contribution in [0.1, 0.15) is 11.1 Å². The molecule has 1 unspecified atom stereocenters. The summed E-state index contributed by atoms with van der Waals surface area (Å²) in [5.74, 6) is 0. The Kier molecular flexibility index (Phi) is 1.94. The van der Waals surface area contributed by atoms with Gasteiger partial charge in [-0.1, -0.05) is 0 Å². The van der Waals surface area contributed by atoms with Gasteiger partial charge in [0.2, 0.25) is 0 Å². The molecule has 1 aromatic carbocycles. The van der Waals surface area contributed by atoms with Crippen LogP contribution in [0.2, 0.25) is 0 Å². The summed E-state index contributed by atoms with van der Waals surface area (Å²) >= 11 is -1.66. The number of rotatable bonds is 1. The zero-order chi connectivity index (χ0) is 10.3. The first kappa shape index (κ1) is 8.83. The Labute approximate surface area is 91.3 Å². The number of hydrogen-bond acceptors (Lipinski definition) is 4. The Morgan fingerprint density at radius 1 is 1.13 bits per heavy atom. The monoisotopic (exact) mass is 268 g/mol. The second kappa shape index (κ2) is 3.29. The number of aryl methyl sites for hydroxylation is 1. The van der Waals surface area contributed by atoms with Gasteiger partial charge in [0, 0.05) is 0 Å². The molecule has 0 saturated heterocycles. The fourth-order valence-electron chi connectivity index (χ4n) is 1.41. The zero-order valence-electron chi connectivity index (χ0n) is 8.01. The minimum atomic E-state index is -1.66. The molecule has 0 aliphatic carbocycles. The predicted octanol–water partition coefficient (Wildman–Crippen LogP) is 0.988. The van der Waals surface area contributed by atoms with Gasteiger partial charge in [0.1, 0.15) is 0 Å². The van der Waals surface area contributed by atoms with Crippen molar-refractivity contribution in [2.45, 2.75) is 6.92 Å². The molecule has 1 aromatic rings. The van der Waals surface area contributed by atoms with Gasteiger partial charge in [0.15, 0.2) is 0 Å². The van der Waals surface area contributed by atoms with Crippen molar-refractivity contribution in [3.63, 3.8) is 0 Å². The van der Waals surface area contributed by atoms with Gasteiger partial charge in [0.05, 0.1) is 0 Å². The molecule has 3 rings (SSSR count). The molecule has 76 valence electrons. The van der Waals surface area contributed by atoms with Gasteiger partial charge in [-0.25, -0.2) is 0 Å². The molecule has 0 amide bonds. The summed E-state index contributed by atoms with van der Waals surface area (Å²) in [6.07, 6.45) is 1.70. The molecule has 0 bridgehead atoms. The second-order valence-corrected chi connectivity index (χ2v) is 5.82. The van der Waals surface area contributed by atoms with E-state index in [0.717, 1.165) is 15.7 Å². The third-order valence-electron chi connectivity index (χ3n) is 2.21. The molecule has 0 saturated carbocycles. The van der Waals surface area contributed by atoms with Crippen molar-refractivity contribution in [1.29, 1.82) is 0 Å². The van der Waals surface area contributed by atoms with E-state index in [1.54, 1.807) is 6.21 Å². The molecule has 15 heavy (non-hydrogen) atoms. The summed E-state index contributed by atoms with van der Waals surface area (Å²) < 4.78 is 11.3. The van der Waals surface area contributed by atoms with Gasteiger partial charge in [-0.3, -0.25) is 0 Å². The van der Waals surface area contributed by atoms with Gasteiger partial charge >= 0.3 is 90.9 Å². The fourth-order valence-corrected chi connectivity index (χ4v) is 3.28. The molecule has 0 spiro atoms. The predicted molar refractivity (Wildman–Crippen MR) is 59.1 cm³/mol. The Morgan fingerprint density at radius 2 is 1.93 bits per heavy atom. The Bertz CT molecular complexity index is 503. The zero-order valence-corrected chi connectivity index (χ0v) is 9.72. The van der Waals surface area contributed by atoms with Gasteiger partial charge in [-0.05, 0) is 0 Å². The molecule has 0 N–H and O–H groups in total. The molecule has 4 nitrogen and oxygen atoms in total. The first-order valence-electron chi connectivity index (χ1n) is 4.49. The topological polar surface area (TPSA) is 43.2 Å². The first-order valence-corrected chi connectivity index (χ1v) is 6.75. The van der Waals surface area contributed by atoms with E-state index in [9.17, 15) is 0 Å². The van der Waals surface area contributed by atoms with Crippen LogP contribution in [-0.4, -0.2) is 30.5 Å². The molecule has 1 atom stereocenters. The van der Waals surface area contributed by atoms with Crippen LogP contribution < -0.4 is 0 Å². The van der Waals surface area contributed by atoms with Gasteiger partial charge in [-0.2, -0.15) is 0 Å². The number of hydrogen-bond donors (Lipinski definition) is 0. The van der Waals surface area contributed by atoms with E-state index in [1.807, 2.05) is 12.1 Å². The standard InChI is InChI=1S/C10H8N2O2Se/c1-7-2-4-8(5-3-7)10-9-6-11-13-15(9)14-12-10/h2-6H,1H3. The molecule has 5 heteroatoms. The van der Waals surface area contributed by atoms with Crippen LogP contribution in [0.4, 0.5) is 0 Å². The quantitative estimate of drug-likeness (QED) is 0.712. The summed E-state index contributed by atoms with van der Waals surface area (Å²) in [6, 6.07) is 8.17. The third kappa shape index (κ3) is 1.40. The fraction of sp³-hybridized carbons (Fsp3) is 0.100. The van der Waals surface area contributed by atoms with Crippen molar-refractivity contribution in [1.82, 2.24) is 0 Å². The minimum absolute atomic E-state index is 0.862. The van der Waals surface area contributed by atoms with Crippen LogP contribution in [0.15, 0.2) is 34.6 Å². The molecule has 2 aliphatic heterocycles. The van der Waals surface area contributed by atoms with E-state index >= 15 is 0 Å². The Balaban J connectivity index is 2.02. The summed E-state index contributed by atoms with van der Waals surface area (Å²) in [5.41, 5.74) is 3.15. The molecule has 0 aromatic heterocycles. The van der Waals surface area contributed by atoms with Crippen LogP contribution in [0, 0.1) is 6.92 Å². The average Bonchev–Trinajstić information content (AvgIpc) is 2.80. The molecule has 0 fully saturated rings. The van der Waals surface area contributed by atoms with Crippen molar-refractivity contribution in [2.75, 3.05) is 0 Å². The van der Waals surface area contributed by atoms with Crippen LogP contribution in [0.3, 0.4) is 0 Å². The van der Waals surface area contributed by atoms with Gasteiger partial charge in [0.25, 0.3) is 0 Å². The summed E-state index contributed by atoms with van der Waals surface area (Å²) in [7, 11) is 0. The Morgan fingerprint density at radius 3 is 2.73 bits per heavy atom. The van der Waals surface area contributed by atoms with Gasteiger partial charge < -0.3 is 0 Å². The molecule has 0 radical (unpaired) electrons. The summed E-state index contributed by atoms with van der Waals surface area (Å²) in [4.78, 5) is 0. The van der Waals surface area contributed by atoms with Gasteiger partial charge in [-0.15, -0.1) is 0 Å². The van der Waals surface area contributed by atoms with E-state index in [-0.39, 0.29) is 0 Å². The maximum atomic E-state index is 5.20. The van der Waals surface area contributed by atoms with Crippen molar-refractivity contribution in [3.8, 4) is 0 Å².